The molecule has 1 heterocycles. The van der Waals surface area contributed by atoms with E-state index in [2.05, 4.69) is 10.2 Å². The van der Waals surface area contributed by atoms with Gasteiger partial charge in [0, 0.05) is 7.11 Å². The summed E-state index contributed by atoms with van der Waals surface area (Å²) >= 11 is 0. The van der Waals surface area contributed by atoms with E-state index in [0.29, 0.717) is 5.69 Å². The molecule has 0 aliphatic carbocycles. The summed E-state index contributed by atoms with van der Waals surface area (Å²) in [5.74, 6) is 0. The summed E-state index contributed by atoms with van der Waals surface area (Å²) in [6.07, 6.45) is -2.00. The third-order valence-corrected chi connectivity index (χ3v) is 2.93. The Balaban J connectivity index is 2.22. The number of aliphatic hydroxyl groups excluding tert-OH is 3. The van der Waals surface area contributed by atoms with Crippen molar-refractivity contribution < 1.29 is 20.1 Å². The van der Waals surface area contributed by atoms with Gasteiger partial charge in [0.1, 0.15) is 24.0 Å². The second kappa shape index (κ2) is 6.58. The number of methoxy groups -OCH3 is 1. The van der Waals surface area contributed by atoms with Crippen molar-refractivity contribution in [2.75, 3.05) is 13.7 Å². The molecule has 0 saturated heterocycles. The second-order valence-corrected chi connectivity index (χ2v) is 4.29. The molecule has 0 bridgehead atoms. The summed E-state index contributed by atoms with van der Waals surface area (Å²) in [6, 6.07) is 9.27. The van der Waals surface area contributed by atoms with Crippen molar-refractivity contribution in [2.24, 2.45) is 0 Å². The average Bonchev–Trinajstić information content (AvgIpc) is 2.97. The van der Waals surface area contributed by atoms with Gasteiger partial charge in [-0.25, -0.2) is 0 Å². The van der Waals surface area contributed by atoms with Crippen molar-refractivity contribution in [3.63, 3.8) is 0 Å². The van der Waals surface area contributed by atoms with Crippen LogP contribution in [-0.4, -0.2) is 56.2 Å². The SMILES string of the molecule is COC(c1cnn(-c2ccccc2)n1)C(O)C(O)CO. The second-order valence-electron chi connectivity index (χ2n) is 4.29. The highest BCUT2D eigenvalue weighted by molar-refractivity contribution is 5.28. The van der Waals surface area contributed by atoms with Gasteiger partial charge in [-0.15, -0.1) is 0 Å². The fourth-order valence-electron chi connectivity index (χ4n) is 1.84. The summed E-state index contributed by atoms with van der Waals surface area (Å²) in [7, 11) is 1.39. The number of hydrogen-bond donors (Lipinski definition) is 3. The third kappa shape index (κ3) is 3.02. The molecule has 3 N–H and O–H groups in total. The number of benzene rings is 1. The van der Waals surface area contributed by atoms with Crippen LogP contribution in [0.3, 0.4) is 0 Å². The molecular formula is C13H17N3O4. The summed E-state index contributed by atoms with van der Waals surface area (Å²) < 4.78 is 5.13. The number of ether oxygens (including phenoxy) is 1. The molecule has 2 aromatic rings. The zero-order chi connectivity index (χ0) is 14.5. The monoisotopic (exact) mass is 279 g/mol. The number of rotatable bonds is 6. The first kappa shape index (κ1) is 14.6. The van der Waals surface area contributed by atoms with E-state index in [1.54, 1.807) is 0 Å². The predicted octanol–water partition coefficient (Wildman–Crippen LogP) is -0.331. The zero-order valence-corrected chi connectivity index (χ0v) is 11.0. The molecule has 0 amide bonds. The summed E-state index contributed by atoms with van der Waals surface area (Å²) in [4.78, 5) is 1.40. The molecule has 7 nitrogen and oxygen atoms in total. The Labute approximate surface area is 116 Å². The van der Waals surface area contributed by atoms with Crippen molar-refractivity contribution in [1.29, 1.82) is 0 Å². The van der Waals surface area contributed by atoms with Crippen LogP contribution in [0.15, 0.2) is 36.5 Å². The maximum absolute atomic E-state index is 9.90. The lowest BCUT2D eigenvalue weighted by atomic mass is 10.1. The molecule has 3 unspecified atom stereocenters. The molecular weight excluding hydrogens is 262 g/mol. The lowest BCUT2D eigenvalue weighted by Crippen LogP contribution is -2.35. The Morgan fingerprint density at radius 2 is 1.95 bits per heavy atom. The van der Waals surface area contributed by atoms with E-state index < -0.39 is 24.9 Å². The van der Waals surface area contributed by atoms with Gasteiger partial charge in [-0.2, -0.15) is 15.0 Å². The highest BCUT2D eigenvalue weighted by atomic mass is 16.5. The first-order chi connectivity index (χ1) is 9.67. The van der Waals surface area contributed by atoms with Gasteiger partial charge < -0.3 is 20.1 Å². The van der Waals surface area contributed by atoms with Crippen LogP contribution < -0.4 is 0 Å². The van der Waals surface area contributed by atoms with E-state index in [-0.39, 0.29) is 0 Å². The quantitative estimate of drug-likeness (QED) is 0.669. The van der Waals surface area contributed by atoms with E-state index in [1.807, 2.05) is 30.3 Å². The molecule has 2 rings (SSSR count). The fraction of sp³-hybridized carbons (Fsp3) is 0.385. The van der Waals surface area contributed by atoms with E-state index in [9.17, 15) is 10.2 Å². The standard InChI is InChI=1S/C13H17N3O4/c1-20-13(12(19)11(18)8-17)10-7-14-16(15-10)9-5-3-2-4-6-9/h2-7,11-13,17-19H,8H2,1H3. The van der Waals surface area contributed by atoms with E-state index in [1.165, 1.54) is 18.1 Å². The van der Waals surface area contributed by atoms with Gasteiger partial charge in [-0.1, -0.05) is 18.2 Å². The van der Waals surface area contributed by atoms with Crippen LogP contribution in [0.2, 0.25) is 0 Å². The highest BCUT2D eigenvalue weighted by Gasteiger charge is 2.29. The van der Waals surface area contributed by atoms with Crippen LogP contribution in [0.1, 0.15) is 11.8 Å². The van der Waals surface area contributed by atoms with Gasteiger partial charge in [0.15, 0.2) is 0 Å². The molecule has 0 aliphatic heterocycles. The molecule has 1 aromatic carbocycles. The number of hydrogen-bond acceptors (Lipinski definition) is 6. The molecule has 108 valence electrons. The van der Waals surface area contributed by atoms with Gasteiger partial charge >= 0.3 is 0 Å². The van der Waals surface area contributed by atoms with Crippen LogP contribution >= 0.6 is 0 Å². The van der Waals surface area contributed by atoms with E-state index in [0.717, 1.165) is 5.69 Å². The predicted molar refractivity (Wildman–Crippen MR) is 70.2 cm³/mol. The minimum atomic E-state index is -1.30. The van der Waals surface area contributed by atoms with Gasteiger partial charge in [0.25, 0.3) is 0 Å². The molecule has 0 aliphatic rings. The summed E-state index contributed by atoms with van der Waals surface area (Å²) in [6.45, 7) is -0.562. The summed E-state index contributed by atoms with van der Waals surface area (Å²) in [5.41, 5.74) is 1.14. The number of para-hydroxylation sites is 1. The molecule has 0 fully saturated rings. The van der Waals surface area contributed by atoms with Gasteiger partial charge in [-0.3, -0.25) is 0 Å². The van der Waals surface area contributed by atoms with Crippen molar-refractivity contribution in [3.8, 4) is 5.69 Å². The van der Waals surface area contributed by atoms with Gasteiger partial charge in [0.2, 0.25) is 0 Å². The Kier molecular flexibility index (Phi) is 4.80. The van der Waals surface area contributed by atoms with E-state index >= 15 is 0 Å². The molecule has 20 heavy (non-hydrogen) atoms. The summed E-state index contributed by atoms with van der Waals surface area (Å²) in [5, 5.41) is 36.6. The van der Waals surface area contributed by atoms with Crippen molar-refractivity contribution in [1.82, 2.24) is 15.0 Å². The van der Waals surface area contributed by atoms with Crippen LogP contribution in [0.4, 0.5) is 0 Å². The fourth-order valence-corrected chi connectivity index (χ4v) is 1.84. The number of aromatic nitrogens is 3. The lowest BCUT2D eigenvalue weighted by molar-refractivity contribution is -0.0928. The third-order valence-electron chi connectivity index (χ3n) is 2.93. The normalized spacial score (nSPS) is 15.8. The lowest BCUT2D eigenvalue weighted by Gasteiger charge is -2.22. The largest absolute Gasteiger partial charge is 0.394 e. The first-order valence-electron chi connectivity index (χ1n) is 6.14. The maximum atomic E-state index is 9.90. The van der Waals surface area contributed by atoms with E-state index in [4.69, 9.17) is 9.84 Å². The minimum Gasteiger partial charge on any atom is -0.394 e. The van der Waals surface area contributed by atoms with Crippen molar-refractivity contribution in [2.45, 2.75) is 18.3 Å². The van der Waals surface area contributed by atoms with Crippen LogP contribution in [0.25, 0.3) is 5.69 Å². The number of aliphatic hydroxyl groups is 3. The van der Waals surface area contributed by atoms with Gasteiger partial charge in [-0.05, 0) is 12.1 Å². The molecule has 0 radical (unpaired) electrons. The van der Waals surface area contributed by atoms with Crippen LogP contribution in [0, 0.1) is 0 Å². The Morgan fingerprint density at radius 3 is 2.55 bits per heavy atom. The Hall–Kier alpha value is -1.80. The highest BCUT2D eigenvalue weighted by Crippen LogP contribution is 2.21. The maximum Gasteiger partial charge on any atom is 0.131 e. The number of nitrogens with zero attached hydrogens (tertiary/aromatic N) is 3. The van der Waals surface area contributed by atoms with Crippen LogP contribution in [-0.2, 0) is 4.74 Å². The molecule has 0 saturated carbocycles. The van der Waals surface area contributed by atoms with Gasteiger partial charge in [0.05, 0.1) is 18.5 Å². The molecule has 7 heteroatoms. The Morgan fingerprint density at radius 1 is 1.25 bits per heavy atom. The Bertz CT molecular complexity index is 531. The minimum absolute atomic E-state index is 0.372. The molecule has 1 aromatic heterocycles. The van der Waals surface area contributed by atoms with Crippen molar-refractivity contribution >= 4 is 0 Å². The molecule has 0 spiro atoms. The zero-order valence-electron chi connectivity index (χ0n) is 11.0. The molecule has 3 atom stereocenters. The first-order valence-corrected chi connectivity index (χ1v) is 6.14. The van der Waals surface area contributed by atoms with Crippen LogP contribution in [0.5, 0.6) is 0 Å². The topological polar surface area (TPSA) is 101 Å². The van der Waals surface area contributed by atoms with Crippen molar-refractivity contribution in [3.05, 3.63) is 42.2 Å². The smallest absolute Gasteiger partial charge is 0.131 e. The average molecular weight is 279 g/mol.